The Morgan fingerprint density at radius 3 is 2.76 bits per heavy atom. The van der Waals surface area contributed by atoms with E-state index in [2.05, 4.69) is 11.4 Å². The van der Waals surface area contributed by atoms with Gasteiger partial charge in [-0.1, -0.05) is 29.8 Å². The molecule has 0 bridgehead atoms. The van der Waals surface area contributed by atoms with E-state index >= 15 is 0 Å². The van der Waals surface area contributed by atoms with Crippen molar-refractivity contribution in [2.24, 2.45) is 0 Å². The van der Waals surface area contributed by atoms with Gasteiger partial charge in [-0.05, 0) is 55.2 Å². The highest BCUT2D eigenvalue weighted by Crippen LogP contribution is 2.23. The molecule has 0 saturated carbocycles. The lowest BCUT2D eigenvalue weighted by molar-refractivity contribution is 0.288. The molecule has 0 aromatic heterocycles. The summed E-state index contributed by atoms with van der Waals surface area (Å²) in [4.78, 5) is 0. The topological polar surface area (TPSA) is 32.3 Å². The van der Waals surface area contributed by atoms with Crippen molar-refractivity contribution in [1.82, 2.24) is 0 Å². The van der Waals surface area contributed by atoms with Crippen molar-refractivity contribution in [2.45, 2.75) is 25.8 Å². The number of nitrogens with one attached hydrogen (secondary N) is 1. The molecule has 1 unspecified atom stereocenters. The Bertz CT molecular complexity index is 603. The summed E-state index contributed by atoms with van der Waals surface area (Å²) in [5.41, 5.74) is 2.99. The van der Waals surface area contributed by atoms with E-state index < -0.39 is 5.82 Å². The largest absolute Gasteiger partial charge is 0.396 e. The molecule has 0 radical (unpaired) electrons. The molecule has 0 fully saturated rings. The fourth-order valence-electron chi connectivity index (χ4n) is 2.21. The van der Waals surface area contributed by atoms with Crippen LogP contribution >= 0.6 is 11.6 Å². The molecule has 4 heteroatoms. The smallest absolute Gasteiger partial charge is 0.142 e. The Balaban J connectivity index is 2.07. The molecule has 2 aromatic rings. The van der Waals surface area contributed by atoms with Gasteiger partial charge in [0, 0.05) is 18.3 Å². The zero-order valence-electron chi connectivity index (χ0n) is 11.9. The first-order valence-corrected chi connectivity index (χ1v) is 7.39. The molecule has 2 aromatic carbocycles. The van der Waals surface area contributed by atoms with Crippen LogP contribution in [-0.2, 0) is 6.42 Å². The van der Waals surface area contributed by atoms with Crippen LogP contribution in [0.5, 0.6) is 0 Å². The molecule has 2 rings (SSSR count). The number of anilines is 1. The van der Waals surface area contributed by atoms with Crippen LogP contribution in [0.25, 0.3) is 0 Å². The van der Waals surface area contributed by atoms with Gasteiger partial charge in [0.05, 0.1) is 5.02 Å². The number of hydrogen-bond acceptors (Lipinski definition) is 2. The van der Waals surface area contributed by atoms with Crippen LogP contribution in [0.3, 0.4) is 0 Å². The Morgan fingerprint density at radius 1 is 1.24 bits per heavy atom. The van der Waals surface area contributed by atoms with Gasteiger partial charge < -0.3 is 10.4 Å². The van der Waals surface area contributed by atoms with Crippen molar-refractivity contribution in [1.29, 1.82) is 0 Å². The molecule has 0 amide bonds. The van der Waals surface area contributed by atoms with Gasteiger partial charge in [-0.15, -0.1) is 0 Å². The quantitative estimate of drug-likeness (QED) is 0.819. The van der Waals surface area contributed by atoms with Gasteiger partial charge in [-0.2, -0.15) is 0 Å². The molecule has 112 valence electrons. The van der Waals surface area contributed by atoms with E-state index in [0.717, 1.165) is 24.1 Å². The number of aliphatic hydroxyl groups is 1. The molecule has 21 heavy (non-hydrogen) atoms. The number of halogens is 2. The summed E-state index contributed by atoms with van der Waals surface area (Å²) >= 11 is 5.70. The summed E-state index contributed by atoms with van der Waals surface area (Å²) in [6.45, 7) is 2.17. The summed E-state index contributed by atoms with van der Waals surface area (Å²) in [6, 6.07) is 12.9. The second-order valence-corrected chi connectivity index (χ2v) is 5.47. The van der Waals surface area contributed by atoms with E-state index in [9.17, 15) is 4.39 Å². The molecule has 0 spiro atoms. The predicted molar refractivity (Wildman–Crippen MR) is 85.3 cm³/mol. The Hall–Kier alpha value is -1.58. The number of aliphatic hydroxyl groups excluding tert-OH is 1. The minimum atomic E-state index is -0.403. The van der Waals surface area contributed by atoms with Crippen LogP contribution in [0.1, 0.15) is 30.5 Å². The van der Waals surface area contributed by atoms with Gasteiger partial charge in [0.15, 0.2) is 0 Å². The average molecular weight is 308 g/mol. The SMILES string of the molecule is CC(Nc1cccc(CCCO)c1)c1ccc(Cl)c(F)c1. The summed E-state index contributed by atoms with van der Waals surface area (Å²) in [6.07, 6.45) is 1.59. The third kappa shape index (κ3) is 4.45. The number of benzene rings is 2. The van der Waals surface area contributed by atoms with Crippen LogP contribution < -0.4 is 5.32 Å². The standard InChI is InChI=1S/C17H19ClFNO/c1-12(14-7-8-16(18)17(19)11-14)20-15-6-2-4-13(10-15)5-3-9-21/h2,4,6-8,10-12,20-21H,3,5,9H2,1H3. The third-order valence-electron chi connectivity index (χ3n) is 3.38. The highest BCUT2D eigenvalue weighted by atomic mass is 35.5. The van der Waals surface area contributed by atoms with Gasteiger partial charge in [-0.25, -0.2) is 4.39 Å². The maximum Gasteiger partial charge on any atom is 0.142 e. The van der Waals surface area contributed by atoms with Gasteiger partial charge in [0.2, 0.25) is 0 Å². The van der Waals surface area contributed by atoms with Crippen LogP contribution in [0.15, 0.2) is 42.5 Å². The summed E-state index contributed by atoms with van der Waals surface area (Å²) in [5, 5.41) is 12.4. The highest BCUT2D eigenvalue weighted by Gasteiger charge is 2.08. The molecule has 0 aliphatic rings. The Kier molecular flexibility index (Phi) is 5.59. The van der Waals surface area contributed by atoms with Gasteiger partial charge in [0.25, 0.3) is 0 Å². The fraction of sp³-hybridized carbons (Fsp3) is 0.294. The maximum atomic E-state index is 13.5. The van der Waals surface area contributed by atoms with E-state index in [4.69, 9.17) is 16.7 Å². The van der Waals surface area contributed by atoms with Crippen LogP contribution in [-0.4, -0.2) is 11.7 Å². The molecule has 0 aliphatic heterocycles. The van der Waals surface area contributed by atoms with E-state index in [1.165, 1.54) is 11.6 Å². The summed E-state index contributed by atoms with van der Waals surface area (Å²) in [5.74, 6) is -0.403. The van der Waals surface area contributed by atoms with Crippen LogP contribution in [0.4, 0.5) is 10.1 Å². The summed E-state index contributed by atoms with van der Waals surface area (Å²) < 4.78 is 13.5. The van der Waals surface area contributed by atoms with Gasteiger partial charge in [0.1, 0.15) is 5.82 Å². The monoisotopic (exact) mass is 307 g/mol. The molecular formula is C17H19ClFNO. The predicted octanol–water partition coefficient (Wildman–Crippen LogP) is 4.58. The van der Waals surface area contributed by atoms with Crippen molar-refractivity contribution in [2.75, 3.05) is 11.9 Å². The second-order valence-electron chi connectivity index (χ2n) is 5.07. The van der Waals surface area contributed by atoms with Crippen molar-refractivity contribution in [3.63, 3.8) is 0 Å². The minimum Gasteiger partial charge on any atom is -0.396 e. The fourth-order valence-corrected chi connectivity index (χ4v) is 2.33. The van der Waals surface area contributed by atoms with Crippen molar-refractivity contribution in [3.05, 3.63) is 64.4 Å². The van der Waals surface area contributed by atoms with Crippen molar-refractivity contribution >= 4 is 17.3 Å². The highest BCUT2D eigenvalue weighted by molar-refractivity contribution is 6.30. The number of hydrogen-bond donors (Lipinski definition) is 2. The first-order chi connectivity index (χ1) is 10.1. The average Bonchev–Trinajstić information content (AvgIpc) is 2.48. The zero-order chi connectivity index (χ0) is 15.2. The molecule has 0 aliphatic carbocycles. The maximum absolute atomic E-state index is 13.5. The van der Waals surface area contributed by atoms with Crippen molar-refractivity contribution < 1.29 is 9.50 Å². The Morgan fingerprint density at radius 2 is 2.05 bits per heavy atom. The Labute approximate surface area is 129 Å². The van der Waals surface area contributed by atoms with E-state index in [1.807, 2.05) is 31.2 Å². The third-order valence-corrected chi connectivity index (χ3v) is 3.68. The van der Waals surface area contributed by atoms with E-state index in [-0.39, 0.29) is 17.7 Å². The molecule has 2 N–H and O–H groups in total. The molecule has 2 nitrogen and oxygen atoms in total. The second kappa shape index (κ2) is 7.43. The number of aryl methyl sites for hydroxylation is 1. The minimum absolute atomic E-state index is 0.0233. The van der Waals surface area contributed by atoms with Crippen LogP contribution in [0, 0.1) is 5.82 Å². The molecule has 1 atom stereocenters. The van der Waals surface area contributed by atoms with Crippen LogP contribution in [0.2, 0.25) is 5.02 Å². The first-order valence-electron chi connectivity index (χ1n) is 7.01. The van der Waals surface area contributed by atoms with Crippen molar-refractivity contribution in [3.8, 4) is 0 Å². The number of rotatable bonds is 6. The van der Waals surface area contributed by atoms with Gasteiger partial charge in [-0.3, -0.25) is 0 Å². The zero-order valence-corrected chi connectivity index (χ0v) is 12.7. The summed E-state index contributed by atoms with van der Waals surface area (Å²) in [7, 11) is 0. The normalized spacial score (nSPS) is 12.2. The van der Waals surface area contributed by atoms with E-state index in [1.54, 1.807) is 6.07 Å². The lowest BCUT2D eigenvalue weighted by Gasteiger charge is -2.17. The lowest BCUT2D eigenvalue weighted by Crippen LogP contribution is -2.07. The first kappa shape index (κ1) is 15.8. The molecular weight excluding hydrogens is 289 g/mol. The lowest BCUT2D eigenvalue weighted by atomic mass is 10.1. The molecule has 0 heterocycles. The molecule has 0 saturated heterocycles. The van der Waals surface area contributed by atoms with Gasteiger partial charge >= 0.3 is 0 Å². The van der Waals surface area contributed by atoms with E-state index in [0.29, 0.717) is 0 Å².